The lowest BCUT2D eigenvalue weighted by Crippen LogP contribution is -2.38. The van der Waals surface area contributed by atoms with Crippen molar-refractivity contribution in [1.29, 1.82) is 0 Å². The predicted molar refractivity (Wildman–Crippen MR) is 128 cm³/mol. The normalized spacial score (nSPS) is 10.8. The fraction of sp³-hybridized carbons (Fsp3) is 0.381. The molecule has 0 aliphatic heterocycles. The van der Waals surface area contributed by atoms with Crippen molar-refractivity contribution in [2.24, 2.45) is 4.99 Å². The standard InChI is InChI=1S/C21H28N4O3.HI/c1-22-21(24-16-14-18-8-3-4-9-20(18)28-2)23-15-6-5-7-17-10-12-19(13-11-17)25(26)27;/h3-4,8-13H,5-7,14-16H2,1-2H3,(H2,22,23,24);1H. The van der Waals surface area contributed by atoms with E-state index in [1.165, 1.54) is 0 Å². The molecular formula is C21H29IN4O3. The molecule has 0 unspecified atom stereocenters. The van der Waals surface area contributed by atoms with Gasteiger partial charge in [0.2, 0.25) is 0 Å². The molecule has 0 atom stereocenters. The van der Waals surface area contributed by atoms with Gasteiger partial charge in [0.15, 0.2) is 5.96 Å². The number of rotatable bonds is 10. The molecule has 0 heterocycles. The maximum absolute atomic E-state index is 10.7. The minimum absolute atomic E-state index is 0. The average Bonchev–Trinajstić information content (AvgIpc) is 2.72. The molecule has 0 aromatic heterocycles. The van der Waals surface area contributed by atoms with Crippen LogP contribution in [0.25, 0.3) is 0 Å². The summed E-state index contributed by atoms with van der Waals surface area (Å²) >= 11 is 0. The quantitative estimate of drug-likeness (QED) is 0.126. The van der Waals surface area contributed by atoms with Crippen molar-refractivity contribution in [3.05, 3.63) is 69.8 Å². The molecule has 158 valence electrons. The van der Waals surface area contributed by atoms with Gasteiger partial charge in [-0.3, -0.25) is 15.1 Å². The molecule has 0 fully saturated rings. The van der Waals surface area contributed by atoms with Crippen molar-refractivity contribution in [3.8, 4) is 5.75 Å². The van der Waals surface area contributed by atoms with Crippen molar-refractivity contribution in [3.63, 3.8) is 0 Å². The van der Waals surface area contributed by atoms with Crippen LogP contribution < -0.4 is 15.4 Å². The number of aryl methyl sites for hydroxylation is 1. The lowest BCUT2D eigenvalue weighted by Gasteiger charge is -2.13. The molecule has 0 saturated carbocycles. The van der Waals surface area contributed by atoms with E-state index in [0.29, 0.717) is 0 Å². The summed E-state index contributed by atoms with van der Waals surface area (Å²) in [6.07, 6.45) is 3.75. The number of guanidine groups is 1. The number of halogens is 1. The summed E-state index contributed by atoms with van der Waals surface area (Å²) in [5, 5.41) is 17.3. The van der Waals surface area contributed by atoms with Crippen LogP contribution in [0.3, 0.4) is 0 Å². The number of hydrogen-bond donors (Lipinski definition) is 2. The number of non-ortho nitro benzene ring substituents is 1. The molecule has 2 N–H and O–H groups in total. The average molecular weight is 512 g/mol. The van der Waals surface area contributed by atoms with Gasteiger partial charge in [-0.05, 0) is 42.9 Å². The molecule has 2 aromatic carbocycles. The first-order valence-electron chi connectivity index (χ1n) is 9.43. The van der Waals surface area contributed by atoms with Gasteiger partial charge >= 0.3 is 0 Å². The van der Waals surface area contributed by atoms with Crippen molar-refractivity contribution < 1.29 is 9.66 Å². The van der Waals surface area contributed by atoms with E-state index in [4.69, 9.17) is 4.74 Å². The van der Waals surface area contributed by atoms with Gasteiger partial charge in [0.25, 0.3) is 5.69 Å². The Bertz CT molecular complexity index is 782. The van der Waals surface area contributed by atoms with Crippen LogP contribution in [0.4, 0.5) is 5.69 Å². The molecule has 0 saturated heterocycles. The highest BCUT2D eigenvalue weighted by atomic mass is 127. The third kappa shape index (κ3) is 8.68. The molecule has 0 aliphatic rings. The first-order valence-corrected chi connectivity index (χ1v) is 9.43. The van der Waals surface area contributed by atoms with E-state index in [0.717, 1.165) is 61.6 Å². The van der Waals surface area contributed by atoms with E-state index < -0.39 is 0 Å². The number of unbranched alkanes of at least 4 members (excludes halogenated alkanes) is 1. The van der Waals surface area contributed by atoms with Crippen molar-refractivity contribution >= 4 is 35.6 Å². The van der Waals surface area contributed by atoms with Gasteiger partial charge in [-0.15, -0.1) is 24.0 Å². The van der Waals surface area contributed by atoms with Gasteiger partial charge in [-0.25, -0.2) is 0 Å². The van der Waals surface area contributed by atoms with E-state index in [1.54, 1.807) is 26.3 Å². The predicted octanol–water partition coefficient (Wildman–Crippen LogP) is 3.95. The molecule has 0 spiro atoms. The number of nitro groups is 1. The molecule has 29 heavy (non-hydrogen) atoms. The van der Waals surface area contributed by atoms with Crippen LogP contribution in [-0.4, -0.2) is 38.1 Å². The topological polar surface area (TPSA) is 88.8 Å². The monoisotopic (exact) mass is 512 g/mol. The SMILES string of the molecule is CN=C(NCCCCc1ccc([N+](=O)[O-])cc1)NCCc1ccccc1OC.I. The molecule has 7 nitrogen and oxygen atoms in total. The Labute approximate surface area is 189 Å². The molecule has 0 amide bonds. The number of hydrogen-bond acceptors (Lipinski definition) is 4. The Morgan fingerprint density at radius 2 is 1.72 bits per heavy atom. The number of methoxy groups -OCH3 is 1. The second kappa shape index (κ2) is 13.8. The van der Waals surface area contributed by atoms with E-state index in [2.05, 4.69) is 21.7 Å². The molecule has 0 bridgehead atoms. The van der Waals surface area contributed by atoms with Gasteiger partial charge < -0.3 is 15.4 Å². The maximum Gasteiger partial charge on any atom is 0.269 e. The lowest BCUT2D eigenvalue weighted by molar-refractivity contribution is -0.384. The second-order valence-electron chi connectivity index (χ2n) is 6.37. The lowest BCUT2D eigenvalue weighted by atomic mass is 10.1. The molecule has 2 rings (SSSR count). The van der Waals surface area contributed by atoms with Gasteiger partial charge in [0.05, 0.1) is 12.0 Å². The first kappa shape index (κ1) is 24.7. The fourth-order valence-corrected chi connectivity index (χ4v) is 2.89. The summed E-state index contributed by atoms with van der Waals surface area (Å²) in [4.78, 5) is 14.5. The van der Waals surface area contributed by atoms with Crippen LogP contribution in [-0.2, 0) is 12.8 Å². The Kier molecular flexibility index (Phi) is 11.7. The van der Waals surface area contributed by atoms with Gasteiger partial charge in [-0.2, -0.15) is 0 Å². The zero-order valence-corrected chi connectivity index (χ0v) is 19.2. The third-order valence-corrected chi connectivity index (χ3v) is 4.43. The van der Waals surface area contributed by atoms with Crippen molar-refractivity contribution in [2.45, 2.75) is 25.7 Å². The summed E-state index contributed by atoms with van der Waals surface area (Å²) < 4.78 is 5.37. The van der Waals surface area contributed by atoms with Crippen molar-refractivity contribution in [2.75, 3.05) is 27.2 Å². The number of benzene rings is 2. The summed E-state index contributed by atoms with van der Waals surface area (Å²) in [6, 6.07) is 14.8. The minimum Gasteiger partial charge on any atom is -0.496 e. The Hall–Kier alpha value is -2.36. The van der Waals surface area contributed by atoms with Gasteiger partial charge in [0.1, 0.15) is 5.75 Å². The molecule has 2 aromatic rings. The number of aliphatic imine (C=N–C) groups is 1. The second-order valence-corrected chi connectivity index (χ2v) is 6.37. The molecule has 8 heteroatoms. The summed E-state index contributed by atoms with van der Waals surface area (Å²) in [6.45, 7) is 1.59. The van der Waals surface area contributed by atoms with Gasteiger partial charge in [-0.1, -0.05) is 30.3 Å². The molecule has 0 radical (unpaired) electrons. The van der Waals surface area contributed by atoms with Crippen LogP contribution in [0.2, 0.25) is 0 Å². The Morgan fingerprint density at radius 1 is 1.03 bits per heavy atom. The van der Waals surface area contributed by atoms with E-state index >= 15 is 0 Å². The molecular weight excluding hydrogens is 483 g/mol. The van der Waals surface area contributed by atoms with Crippen LogP contribution in [0.15, 0.2) is 53.5 Å². The van der Waals surface area contributed by atoms with Gasteiger partial charge in [0, 0.05) is 32.3 Å². The van der Waals surface area contributed by atoms with Crippen LogP contribution in [0.5, 0.6) is 5.75 Å². The largest absolute Gasteiger partial charge is 0.496 e. The van der Waals surface area contributed by atoms with E-state index in [-0.39, 0.29) is 34.6 Å². The summed E-state index contributed by atoms with van der Waals surface area (Å²) in [5.74, 6) is 1.68. The van der Waals surface area contributed by atoms with E-state index in [9.17, 15) is 10.1 Å². The van der Waals surface area contributed by atoms with Crippen molar-refractivity contribution in [1.82, 2.24) is 10.6 Å². The number of nitrogens with zero attached hydrogens (tertiary/aromatic N) is 2. The smallest absolute Gasteiger partial charge is 0.269 e. The van der Waals surface area contributed by atoms with Crippen LogP contribution in [0, 0.1) is 10.1 Å². The Morgan fingerprint density at radius 3 is 2.38 bits per heavy atom. The zero-order valence-electron chi connectivity index (χ0n) is 16.9. The van der Waals surface area contributed by atoms with E-state index in [1.807, 2.05) is 30.3 Å². The number of nitro benzene ring substituents is 1. The highest BCUT2D eigenvalue weighted by Gasteiger charge is 2.04. The first-order chi connectivity index (χ1) is 13.6. The molecule has 0 aliphatic carbocycles. The number of ether oxygens (including phenoxy) is 1. The zero-order chi connectivity index (χ0) is 20.2. The minimum atomic E-state index is -0.375. The van der Waals surface area contributed by atoms with Crippen LogP contribution in [0.1, 0.15) is 24.0 Å². The highest BCUT2D eigenvalue weighted by Crippen LogP contribution is 2.17. The highest BCUT2D eigenvalue weighted by molar-refractivity contribution is 14.0. The fourth-order valence-electron chi connectivity index (χ4n) is 2.89. The summed E-state index contributed by atoms with van der Waals surface area (Å²) in [5.41, 5.74) is 2.41. The number of para-hydroxylation sites is 1. The maximum atomic E-state index is 10.7. The Balaban J connectivity index is 0.00000420. The summed E-state index contributed by atoms with van der Waals surface area (Å²) in [7, 11) is 3.44. The third-order valence-electron chi connectivity index (χ3n) is 4.43. The number of nitrogens with one attached hydrogen (secondary N) is 2. The van der Waals surface area contributed by atoms with Crippen LogP contribution >= 0.6 is 24.0 Å².